The molecule has 0 radical (unpaired) electrons. The molecular formula is C28H24BrN3O7S. The number of nitrogens with zero attached hydrogens (tertiary/aromatic N) is 1. The molecule has 0 bridgehead atoms. The van der Waals surface area contributed by atoms with Crippen molar-refractivity contribution in [1.82, 2.24) is 4.90 Å². The number of amides is 4. The lowest BCUT2D eigenvalue weighted by Gasteiger charge is -2.13. The first-order valence-corrected chi connectivity index (χ1v) is 13.4. The molecule has 1 fully saturated rings. The Morgan fingerprint density at radius 2 is 1.57 bits per heavy atom. The number of carbonyl (C=O) groups is 4. The summed E-state index contributed by atoms with van der Waals surface area (Å²) in [6.45, 7) is -0.690. The molecule has 40 heavy (non-hydrogen) atoms. The van der Waals surface area contributed by atoms with Gasteiger partial charge in [-0.05, 0) is 71.9 Å². The number of carbonyl (C=O) groups excluding carboxylic acids is 4. The van der Waals surface area contributed by atoms with E-state index >= 15 is 0 Å². The summed E-state index contributed by atoms with van der Waals surface area (Å²) in [5.74, 6) is -0.209. The Morgan fingerprint density at radius 1 is 0.900 bits per heavy atom. The highest BCUT2D eigenvalue weighted by Gasteiger charge is 2.36. The number of benzene rings is 3. The molecule has 0 unspecified atom stereocenters. The van der Waals surface area contributed by atoms with E-state index < -0.39 is 23.6 Å². The van der Waals surface area contributed by atoms with Crippen LogP contribution < -0.4 is 24.8 Å². The normalized spacial score (nSPS) is 13.8. The number of rotatable bonds is 10. The predicted octanol–water partition coefficient (Wildman–Crippen LogP) is 5.16. The van der Waals surface area contributed by atoms with E-state index in [1.54, 1.807) is 60.7 Å². The third kappa shape index (κ3) is 7.21. The zero-order chi connectivity index (χ0) is 28.6. The Bertz CT molecular complexity index is 1460. The van der Waals surface area contributed by atoms with Crippen LogP contribution >= 0.6 is 27.7 Å². The minimum Gasteiger partial charge on any atom is -0.497 e. The molecule has 0 atom stereocenters. The van der Waals surface area contributed by atoms with Crippen LogP contribution in [-0.4, -0.2) is 55.2 Å². The molecule has 1 aliphatic heterocycles. The molecular weight excluding hydrogens is 602 g/mol. The Hall–Kier alpha value is -4.29. The number of halogens is 1. The molecule has 4 rings (SSSR count). The van der Waals surface area contributed by atoms with E-state index in [1.165, 1.54) is 20.3 Å². The lowest BCUT2D eigenvalue weighted by molar-refractivity contribution is -0.127. The average Bonchev–Trinajstić information content (AvgIpc) is 3.21. The zero-order valence-corrected chi connectivity index (χ0v) is 23.8. The molecule has 2 N–H and O–H groups in total. The van der Waals surface area contributed by atoms with Crippen LogP contribution in [0, 0.1) is 0 Å². The summed E-state index contributed by atoms with van der Waals surface area (Å²) in [4.78, 5) is 51.3. The highest BCUT2D eigenvalue weighted by atomic mass is 79.9. The molecule has 1 saturated heterocycles. The second kappa shape index (κ2) is 13.2. The largest absolute Gasteiger partial charge is 0.497 e. The third-order valence-electron chi connectivity index (χ3n) is 5.53. The van der Waals surface area contributed by atoms with Gasteiger partial charge in [-0.15, -0.1) is 0 Å². The Kier molecular flexibility index (Phi) is 9.46. The van der Waals surface area contributed by atoms with Crippen LogP contribution in [-0.2, 0) is 14.4 Å². The van der Waals surface area contributed by atoms with Crippen LogP contribution in [0.4, 0.5) is 16.2 Å². The molecule has 0 spiro atoms. The maximum absolute atomic E-state index is 13.0. The van der Waals surface area contributed by atoms with Gasteiger partial charge in [0, 0.05) is 15.8 Å². The molecule has 3 aromatic rings. The number of ether oxygens (including phenoxy) is 3. The van der Waals surface area contributed by atoms with Crippen LogP contribution in [0.5, 0.6) is 17.2 Å². The molecule has 4 amide bonds. The number of nitrogens with one attached hydrogen (secondary N) is 2. The van der Waals surface area contributed by atoms with E-state index in [-0.39, 0.29) is 17.4 Å². The van der Waals surface area contributed by atoms with Crippen molar-refractivity contribution >= 4 is 68.1 Å². The number of hydrogen-bond donors (Lipinski definition) is 2. The van der Waals surface area contributed by atoms with Gasteiger partial charge >= 0.3 is 0 Å². The predicted molar refractivity (Wildman–Crippen MR) is 156 cm³/mol. The van der Waals surface area contributed by atoms with Crippen LogP contribution in [0.15, 0.2) is 76.1 Å². The molecule has 10 nitrogen and oxygen atoms in total. The Balaban J connectivity index is 1.41. The smallest absolute Gasteiger partial charge is 0.294 e. The van der Waals surface area contributed by atoms with Crippen LogP contribution in [0.3, 0.4) is 0 Å². The first-order valence-electron chi connectivity index (χ1n) is 11.8. The van der Waals surface area contributed by atoms with Crippen molar-refractivity contribution in [2.75, 3.05) is 38.0 Å². The molecule has 1 heterocycles. The monoisotopic (exact) mass is 625 g/mol. The van der Waals surface area contributed by atoms with Crippen molar-refractivity contribution < 1.29 is 33.4 Å². The lowest BCUT2D eigenvalue weighted by Crippen LogP contribution is -2.36. The summed E-state index contributed by atoms with van der Waals surface area (Å²) in [7, 11) is 2.98. The van der Waals surface area contributed by atoms with E-state index in [4.69, 9.17) is 14.2 Å². The van der Waals surface area contributed by atoms with E-state index in [2.05, 4.69) is 26.6 Å². The number of para-hydroxylation sites is 1. The number of methoxy groups -OCH3 is 2. The number of hydrogen-bond acceptors (Lipinski definition) is 8. The fourth-order valence-electron chi connectivity index (χ4n) is 3.59. The summed E-state index contributed by atoms with van der Waals surface area (Å²) in [5.41, 5.74) is 1.68. The molecule has 206 valence electrons. The van der Waals surface area contributed by atoms with Crippen molar-refractivity contribution in [1.29, 1.82) is 0 Å². The first-order chi connectivity index (χ1) is 19.3. The lowest BCUT2D eigenvalue weighted by atomic mass is 10.2. The van der Waals surface area contributed by atoms with Gasteiger partial charge in [-0.2, -0.15) is 0 Å². The fourth-order valence-corrected chi connectivity index (χ4v) is 4.86. The van der Waals surface area contributed by atoms with E-state index in [9.17, 15) is 19.2 Å². The van der Waals surface area contributed by atoms with Gasteiger partial charge in [-0.25, -0.2) is 0 Å². The van der Waals surface area contributed by atoms with Gasteiger partial charge in [0.15, 0.2) is 18.1 Å². The number of imide groups is 1. The van der Waals surface area contributed by atoms with E-state index in [1.807, 2.05) is 6.07 Å². The number of anilines is 2. The minimum absolute atomic E-state index is 0.140. The van der Waals surface area contributed by atoms with Gasteiger partial charge in [-0.3, -0.25) is 24.1 Å². The van der Waals surface area contributed by atoms with Gasteiger partial charge in [-0.1, -0.05) is 34.1 Å². The van der Waals surface area contributed by atoms with Gasteiger partial charge < -0.3 is 24.8 Å². The van der Waals surface area contributed by atoms with Crippen molar-refractivity contribution in [3.8, 4) is 17.2 Å². The quantitative estimate of drug-likeness (QED) is 0.296. The maximum Gasteiger partial charge on any atom is 0.294 e. The number of thioether (sulfide) groups is 1. The second-order valence-electron chi connectivity index (χ2n) is 8.27. The SMILES string of the molecule is COc1ccc(NC(=O)CN2C(=O)S/C(=C/c3cc(OC)c(OCC(=O)Nc4ccccc4)cc3Br)C2=O)cc1. The van der Waals surface area contributed by atoms with Crippen molar-refractivity contribution in [2.24, 2.45) is 0 Å². The molecule has 0 saturated carbocycles. The average molecular weight is 626 g/mol. The summed E-state index contributed by atoms with van der Waals surface area (Å²) >= 11 is 4.17. The Labute approximate surface area is 242 Å². The highest BCUT2D eigenvalue weighted by Crippen LogP contribution is 2.38. The topological polar surface area (TPSA) is 123 Å². The van der Waals surface area contributed by atoms with Gasteiger partial charge in [0.05, 0.1) is 19.1 Å². The summed E-state index contributed by atoms with van der Waals surface area (Å²) in [6, 6.07) is 18.9. The summed E-state index contributed by atoms with van der Waals surface area (Å²) < 4.78 is 16.7. The molecule has 0 aromatic heterocycles. The van der Waals surface area contributed by atoms with Gasteiger partial charge in [0.2, 0.25) is 5.91 Å². The summed E-state index contributed by atoms with van der Waals surface area (Å²) in [6.07, 6.45) is 1.52. The van der Waals surface area contributed by atoms with Crippen molar-refractivity contribution in [2.45, 2.75) is 0 Å². The molecule has 1 aliphatic rings. The standard InChI is InChI=1S/C28H24BrN3O7S/c1-37-20-10-8-19(9-11-20)30-25(33)15-32-27(35)24(40-28(32)36)13-17-12-22(38-2)23(14-21(17)29)39-16-26(34)31-18-6-4-3-5-7-18/h3-14H,15-16H2,1-2H3,(H,30,33)(H,31,34)/b24-13+. The fraction of sp³-hybridized carbons (Fsp3) is 0.143. The summed E-state index contributed by atoms with van der Waals surface area (Å²) in [5, 5.41) is 4.82. The zero-order valence-electron chi connectivity index (χ0n) is 21.4. The van der Waals surface area contributed by atoms with Crippen molar-refractivity contribution in [3.63, 3.8) is 0 Å². The highest BCUT2D eigenvalue weighted by molar-refractivity contribution is 9.10. The Morgan fingerprint density at radius 3 is 2.25 bits per heavy atom. The van der Waals surface area contributed by atoms with Gasteiger partial charge in [0.1, 0.15) is 12.3 Å². The molecule has 3 aromatic carbocycles. The third-order valence-corrected chi connectivity index (χ3v) is 7.13. The van der Waals surface area contributed by atoms with Gasteiger partial charge in [0.25, 0.3) is 17.1 Å². The van der Waals surface area contributed by atoms with Crippen LogP contribution in [0.25, 0.3) is 6.08 Å². The maximum atomic E-state index is 13.0. The van der Waals surface area contributed by atoms with E-state index in [0.717, 1.165) is 16.7 Å². The minimum atomic E-state index is -0.594. The van der Waals surface area contributed by atoms with E-state index in [0.29, 0.717) is 38.7 Å². The second-order valence-corrected chi connectivity index (χ2v) is 10.1. The van der Waals surface area contributed by atoms with Crippen LogP contribution in [0.1, 0.15) is 5.56 Å². The van der Waals surface area contributed by atoms with Crippen LogP contribution in [0.2, 0.25) is 0 Å². The van der Waals surface area contributed by atoms with Crippen molar-refractivity contribution in [3.05, 3.63) is 81.7 Å². The molecule has 0 aliphatic carbocycles. The first kappa shape index (κ1) is 28.7. The molecule has 12 heteroatoms.